The van der Waals surface area contributed by atoms with E-state index in [9.17, 15) is 13.2 Å². The van der Waals surface area contributed by atoms with E-state index in [2.05, 4.69) is 4.74 Å². The van der Waals surface area contributed by atoms with Gasteiger partial charge in [-0.25, -0.2) is 8.42 Å². The Morgan fingerprint density at radius 3 is 2.56 bits per heavy atom. The van der Waals surface area contributed by atoms with Crippen molar-refractivity contribution in [1.82, 2.24) is 0 Å². The monoisotopic (exact) mass is 248 g/mol. The lowest BCUT2D eigenvalue weighted by Gasteiger charge is -2.04. The first kappa shape index (κ1) is 14.9. The third kappa shape index (κ3) is 8.26. The number of hydrogen-bond donors (Lipinski definition) is 0. The van der Waals surface area contributed by atoms with Crippen LogP contribution in [0.4, 0.5) is 0 Å². The van der Waals surface area contributed by atoms with Crippen molar-refractivity contribution in [2.24, 2.45) is 0 Å². The molecular formula is C10H16O5S. The van der Waals surface area contributed by atoms with Crippen molar-refractivity contribution in [3.63, 3.8) is 0 Å². The Balaban J connectivity index is 3.72. The van der Waals surface area contributed by atoms with E-state index in [4.69, 9.17) is 11.2 Å². The third-order valence-electron chi connectivity index (χ3n) is 1.48. The number of rotatable bonds is 8. The number of carbonyl (C=O) groups excluding carboxylic acids is 1. The lowest BCUT2D eigenvalue weighted by Crippen LogP contribution is -2.22. The molecule has 0 amide bonds. The van der Waals surface area contributed by atoms with Crippen LogP contribution in [0.25, 0.3) is 0 Å². The fourth-order valence-corrected chi connectivity index (χ4v) is 1.66. The Morgan fingerprint density at radius 1 is 1.31 bits per heavy atom. The summed E-state index contributed by atoms with van der Waals surface area (Å²) in [5.41, 5.74) is 0. The van der Waals surface area contributed by atoms with E-state index in [0.29, 0.717) is 6.61 Å². The lowest BCUT2D eigenvalue weighted by atomic mass is 10.5. The van der Waals surface area contributed by atoms with Crippen molar-refractivity contribution in [3.8, 4) is 12.3 Å². The van der Waals surface area contributed by atoms with Crippen LogP contribution in [0.5, 0.6) is 0 Å². The lowest BCUT2D eigenvalue weighted by molar-refractivity contribution is -0.142. The van der Waals surface area contributed by atoms with E-state index in [1.54, 1.807) is 0 Å². The average Bonchev–Trinajstić information content (AvgIpc) is 2.16. The average molecular weight is 248 g/mol. The molecule has 0 aromatic rings. The molecule has 0 spiro atoms. The highest BCUT2D eigenvalue weighted by Gasteiger charge is 2.16. The zero-order valence-electron chi connectivity index (χ0n) is 9.27. The van der Waals surface area contributed by atoms with Crippen LogP contribution in [-0.4, -0.2) is 45.7 Å². The Kier molecular flexibility index (Phi) is 7.60. The molecule has 0 aliphatic rings. The minimum atomic E-state index is -3.53. The molecule has 0 aliphatic carbocycles. The number of sulfone groups is 1. The smallest absolute Gasteiger partial charge is 0.321 e. The maximum atomic E-state index is 11.1. The van der Waals surface area contributed by atoms with Crippen LogP contribution < -0.4 is 0 Å². The largest absolute Gasteiger partial charge is 0.462 e. The fraction of sp³-hybridized carbons (Fsp3) is 0.700. The van der Waals surface area contributed by atoms with Crippen LogP contribution in [0.3, 0.4) is 0 Å². The van der Waals surface area contributed by atoms with Gasteiger partial charge >= 0.3 is 5.97 Å². The summed E-state index contributed by atoms with van der Waals surface area (Å²) in [6, 6.07) is 0. The standard InChI is InChI=1S/C10H16O5S/c1-3-5-14-6-7-15-10(11)9-16(12,13)8-4-2/h2H,3,5-9H2,1H3. The SMILES string of the molecule is C#CCS(=O)(=O)CC(=O)OCCOCCC. The number of ether oxygens (including phenoxy) is 2. The second-order valence-electron chi connectivity index (χ2n) is 3.07. The molecule has 0 aromatic heterocycles. The maximum absolute atomic E-state index is 11.1. The summed E-state index contributed by atoms with van der Waals surface area (Å²) < 4.78 is 31.9. The van der Waals surface area contributed by atoms with Gasteiger partial charge in [-0.15, -0.1) is 6.42 Å². The van der Waals surface area contributed by atoms with Gasteiger partial charge in [0.25, 0.3) is 0 Å². The predicted molar refractivity (Wildman–Crippen MR) is 59.6 cm³/mol. The summed E-state index contributed by atoms with van der Waals surface area (Å²) in [5.74, 6) is 0.0553. The molecule has 5 nitrogen and oxygen atoms in total. The van der Waals surface area contributed by atoms with Crippen LogP contribution >= 0.6 is 0 Å². The van der Waals surface area contributed by atoms with Crippen LogP contribution in [0.2, 0.25) is 0 Å². The summed E-state index contributed by atoms with van der Waals surface area (Å²) in [5, 5.41) is 0. The Labute approximate surface area is 96.0 Å². The highest BCUT2D eigenvalue weighted by molar-refractivity contribution is 7.92. The van der Waals surface area contributed by atoms with Crippen molar-refractivity contribution in [3.05, 3.63) is 0 Å². The third-order valence-corrected chi connectivity index (χ3v) is 2.76. The summed E-state index contributed by atoms with van der Waals surface area (Å²) in [6.07, 6.45) is 5.72. The predicted octanol–water partition coefficient (Wildman–Crippen LogP) is 0.00420. The first-order valence-corrected chi connectivity index (χ1v) is 6.71. The summed E-state index contributed by atoms with van der Waals surface area (Å²) >= 11 is 0. The first-order chi connectivity index (χ1) is 7.52. The van der Waals surface area contributed by atoms with Crippen molar-refractivity contribution >= 4 is 15.8 Å². The van der Waals surface area contributed by atoms with Crippen LogP contribution in [0, 0.1) is 12.3 Å². The van der Waals surface area contributed by atoms with E-state index in [-0.39, 0.29) is 13.2 Å². The van der Waals surface area contributed by atoms with E-state index >= 15 is 0 Å². The van der Waals surface area contributed by atoms with E-state index in [0.717, 1.165) is 6.42 Å². The van der Waals surface area contributed by atoms with Gasteiger partial charge in [0, 0.05) is 6.61 Å². The highest BCUT2D eigenvalue weighted by Crippen LogP contribution is 1.92. The van der Waals surface area contributed by atoms with Gasteiger partial charge < -0.3 is 9.47 Å². The molecule has 0 aromatic carbocycles. The second kappa shape index (κ2) is 8.13. The zero-order chi connectivity index (χ0) is 12.4. The second-order valence-corrected chi connectivity index (χ2v) is 5.13. The molecule has 16 heavy (non-hydrogen) atoms. The van der Waals surface area contributed by atoms with Crippen molar-refractivity contribution < 1.29 is 22.7 Å². The summed E-state index contributed by atoms with van der Waals surface area (Å²) in [4.78, 5) is 11.0. The molecule has 0 bridgehead atoms. The molecule has 6 heteroatoms. The topological polar surface area (TPSA) is 69.7 Å². The molecule has 0 unspecified atom stereocenters. The van der Waals surface area contributed by atoms with Crippen LogP contribution in [0.1, 0.15) is 13.3 Å². The summed E-state index contributed by atoms with van der Waals surface area (Å²) in [7, 11) is -3.53. The van der Waals surface area contributed by atoms with Gasteiger partial charge in [0.2, 0.25) is 0 Å². The quantitative estimate of drug-likeness (QED) is 0.344. The number of hydrogen-bond acceptors (Lipinski definition) is 5. The minimum absolute atomic E-state index is 0.0599. The molecule has 0 fully saturated rings. The summed E-state index contributed by atoms with van der Waals surface area (Å²) in [6.45, 7) is 2.88. The van der Waals surface area contributed by atoms with Gasteiger partial charge in [-0.2, -0.15) is 0 Å². The molecule has 0 saturated carbocycles. The fourth-order valence-electron chi connectivity index (χ4n) is 0.860. The molecule has 0 saturated heterocycles. The van der Waals surface area contributed by atoms with Crippen LogP contribution in [0.15, 0.2) is 0 Å². The normalized spacial score (nSPS) is 10.8. The van der Waals surface area contributed by atoms with Crippen molar-refractivity contribution in [2.45, 2.75) is 13.3 Å². The van der Waals surface area contributed by atoms with Gasteiger partial charge in [0.1, 0.15) is 18.1 Å². The van der Waals surface area contributed by atoms with Gasteiger partial charge in [-0.05, 0) is 6.42 Å². The van der Waals surface area contributed by atoms with Crippen LogP contribution in [-0.2, 0) is 24.1 Å². The molecule has 0 rings (SSSR count). The molecule has 0 heterocycles. The maximum Gasteiger partial charge on any atom is 0.321 e. The molecule has 0 aliphatic heterocycles. The highest BCUT2D eigenvalue weighted by atomic mass is 32.2. The molecule has 0 N–H and O–H groups in total. The number of carbonyl (C=O) groups is 1. The zero-order valence-corrected chi connectivity index (χ0v) is 10.1. The molecule has 0 radical (unpaired) electrons. The van der Waals surface area contributed by atoms with E-state index in [1.165, 1.54) is 0 Å². The van der Waals surface area contributed by atoms with Gasteiger partial charge in [-0.1, -0.05) is 12.8 Å². The Bertz CT molecular complexity index is 339. The van der Waals surface area contributed by atoms with Gasteiger partial charge in [0.05, 0.1) is 6.61 Å². The molecule has 0 atom stereocenters. The Hall–Kier alpha value is -1.06. The molecular weight excluding hydrogens is 232 g/mol. The van der Waals surface area contributed by atoms with E-state index < -0.39 is 27.3 Å². The Morgan fingerprint density at radius 2 is 2.00 bits per heavy atom. The van der Waals surface area contributed by atoms with E-state index in [1.807, 2.05) is 12.8 Å². The van der Waals surface area contributed by atoms with Gasteiger partial charge in [-0.3, -0.25) is 4.79 Å². The molecule has 92 valence electrons. The van der Waals surface area contributed by atoms with Crippen molar-refractivity contribution in [2.75, 3.05) is 31.3 Å². The number of terminal acetylenes is 1. The number of esters is 1. The first-order valence-electron chi connectivity index (χ1n) is 4.89. The van der Waals surface area contributed by atoms with Gasteiger partial charge in [0.15, 0.2) is 9.84 Å². The minimum Gasteiger partial charge on any atom is -0.462 e. The van der Waals surface area contributed by atoms with Crippen molar-refractivity contribution in [1.29, 1.82) is 0 Å².